The number of halogens is 2. The van der Waals surface area contributed by atoms with E-state index in [4.69, 9.17) is 5.73 Å². The Labute approximate surface area is 122 Å². The molecule has 1 amide bonds. The zero-order valence-electron chi connectivity index (χ0n) is 10.4. The van der Waals surface area contributed by atoms with Crippen LogP contribution in [-0.2, 0) is 0 Å². The zero-order valence-corrected chi connectivity index (χ0v) is 12.8. The predicted octanol–water partition coefficient (Wildman–Crippen LogP) is 2.74. The fourth-order valence-corrected chi connectivity index (χ4v) is 2.31. The Bertz CT molecular complexity index is 431. The number of piperidine rings is 1. The van der Waals surface area contributed by atoms with E-state index in [9.17, 15) is 4.79 Å². The standard InChI is InChI=1S/C13H17BrN2O.ClH/c1-9-8-10(2-3-12(9)14)13(17)16-6-4-11(15)5-7-16;/h2-3,8,11H,4-7,15H2,1H3;1H. The van der Waals surface area contributed by atoms with Crippen LogP contribution in [0.2, 0.25) is 0 Å². The average Bonchev–Trinajstić information content (AvgIpc) is 2.33. The summed E-state index contributed by atoms with van der Waals surface area (Å²) < 4.78 is 1.04. The highest BCUT2D eigenvalue weighted by molar-refractivity contribution is 9.10. The highest BCUT2D eigenvalue weighted by atomic mass is 79.9. The Balaban J connectivity index is 0.00000162. The van der Waals surface area contributed by atoms with E-state index in [0.717, 1.165) is 41.5 Å². The summed E-state index contributed by atoms with van der Waals surface area (Å²) in [5, 5.41) is 0. The van der Waals surface area contributed by atoms with Crippen molar-refractivity contribution in [3.63, 3.8) is 0 Å². The van der Waals surface area contributed by atoms with Gasteiger partial charge in [0.05, 0.1) is 0 Å². The molecule has 2 N–H and O–H groups in total. The lowest BCUT2D eigenvalue weighted by Gasteiger charge is -2.30. The molecule has 1 saturated heterocycles. The average molecular weight is 334 g/mol. The van der Waals surface area contributed by atoms with E-state index in [-0.39, 0.29) is 24.4 Å². The second-order valence-electron chi connectivity index (χ2n) is 4.59. The van der Waals surface area contributed by atoms with Crippen LogP contribution >= 0.6 is 28.3 Å². The molecule has 1 aromatic rings. The van der Waals surface area contributed by atoms with Crippen LogP contribution in [0.4, 0.5) is 0 Å². The third-order valence-electron chi connectivity index (χ3n) is 3.23. The highest BCUT2D eigenvalue weighted by Gasteiger charge is 2.21. The fourth-order valence-electron chi connectivity index (χ4n) is 2.06. The van der Waals surface area contributed by atoms with E-state index >= 15 is 0 Å². The van der Waals surface area contributed by atoms with Crippen molar-refractivity contribution >= 4 is 34.2 Å². The molecule has 18 heavy (non-hydrogen) atoms. The van der Waals surface area contributed by atoms with Gasteiger partial charge in [-0.25, -0.2) is 0 Å². The number of benzene rings is 1. The summed E-state index contributed by atoms with van der Waals surface area (Å²) >= 11 is 3.44. The van der Waals surface area contributed by atoms with Crippen LogP contribution in [0.5, 0.6) is 0 Å². The van der Waals surface area contributed by atoms with Crippen LogP contribution in [0.1, 0.15) is 28.8 Å². The van der Waals surface area contributed by atoms with Gasteiger partial charge in [-0.1, -0.05) is 15.9 Å². The van der Waals surface area contributed by atoms with Crippen LogP contribution < -0.4 is 5.73 Å². The Morgan fingerprint density at radius 2 is 2.00 bits per heavy atom. The number of amides is 1. The van der Waals surface area contributed by atoms with Crippen molar-refractivity contribution in [1.29, 1.82) is 0 Å². The lowest BCUT2D eigenvalue weighted by molar-refractivity contribution is 0.0714. The van der Waals surface area contributed by atoms with Gasteiger partial charge in [0.1, 0.15) is 0 Å². The largest absolute Gasteiger partial charge is 0.339 e. The first-order valence-corrected chi connectivity index (χ1v) is 6.68. The molecule has 1 aliphatic heterocycles. The molecular formula is C13H18BrClN2O. The molecule has 0 aromatic heterocycles. The molecule has 0 atom stereocenters. The molecule has 1 aliphatic rings. The maximum absolute atomic E-state index is 12.2. The first-order valence-electron chi connectivity index (χ1n) is 5.89. The van der Waals surface area contributed by atoms with Crippen LogP contribution in [0, 0.1) is 6.92 Å². The van der Waals surface area contributed by atoms with Gasteiger partial charge in [0, 0.05) is 29.2 Å². The first-order chi connectivity index (χ1) is 8.08. The number of carbonyl (C=O) groups excluding carboxylic acids is 1. The second-order valence-corrected chi connectivity index (χ2v) is 5.45. The number of hydrogen-bond donors (Lipinski definition) is 1. The summed E-state index contributed by atoms with van der Waals surface area (Å²) in [6, 6.07) is 5.98. The molecule has 5 heteroatoms. The number of rotatable bonds is 1. The van der Waals surface area contributed by atoms with Crippen molar-refractivity contribution in [3.8, 4) is 0 Å². The Hall–Kier alpha value is -0.580. The minimum atomic E-state index is 0. The van der Waals surface area contributed by atoms with E-state index in [2.05, 4.69) is 15.9 Å². The summed E-state index contributed by atoms with van der Waals surface area (Å²) in [6.45, 7) is 3.54. The van der Waals surface area contributed by atoms with Gasteiger partial charge in [0.25, 0.3) is 5.91 Å². The van der Waals surface area contributed by atoms with Crippen molar-refractivity contribution in [2.45, 2.75) is 25.8 Å². The maximum Gasteiger partial charge on any atom is 0.253 e. The number of carbonyl (C=O) groups is 1. The van der Waals surface area contributed by atoms with Gasteiger partial charge in [-0.3, -0.25) is 4.79 Å². The Kier molecular flexibility index (Phi) is 5.63. The number of nitrogens with zero attached hydrogens (tertiary/aromatic N) is 1. The third-order valence-corrected chi connectivity index (χ3v) is 4.12. The SMILES string of the molecule is Cc1cc(C(=O)N2CCC(N)CC2)ccc1Br.Cl. The third kappa shape index (κ3) is 3.46. The van der Waals surface area contributed by atoms with Gasteiger partial charge in [0.2, 0.25) is 0 Å². The van der Waals surface area contributed by atoms with E-state index in [1.54, 1.807) is 0 Å². The molecule has 0 radical (unpaired) electrons. The first kappa shape index (κ1) is 15.5. The van der Waals surface area contributed by atoms with Crippen molar-refractivity contribution in [1.82, 2.24) is 4.90 Å². The number of hydrogen-bond acceptors (Lipinski definition) is 2. The normalized spacial score (nSPS) is 16.3. The topological polar surface area (TPSA) is 46.3 Å². The van der Waals surface area contributed by atoms with Crippen LogP contribution in [0.15, 0.2) is 22.7 Å². The van der Waals surface area contributed by atoms with Gasteiger partial charge in [0.15, 0.2) is 0 Å². The molecule has 0 unspecified atom stereocenters. The van der Waals surface area contributed by atoms with Gasteiger partial charge in [-0.15, -0.1) is 12.4 Å². The lowest BCUT2D eigenvalue weighted by Crippen LogP contribution is -2.42. The van der Waals surface area contributed by atoms with Crippen molar-refractivity contribution in [2.24, 2.45) is 5.73 Å². The van der Waals surface area contributed by atoms with E-state index in [1.807, 2.05) is 30.0 Å². The monoisotopic (exact) mass is 332 g/mol. The summed E-state index contributed by atoms with van der Waals surface area (Å²) in [4.78, 5) is 14.1. The van der Waals surface area contributed by atoms with Crippen LogP contribution in [-0.4, -0.2) is 29.9 Å². The second kappa shape index (κ2) is 6.55. The van der Waals surface area contributed by atoms with Crippen LogP contribution in [0.25, 0.3) is 0 Å². The summed E-state index contributed by atoms with van der Waals surface area (Å²) in [6.07, 6.45) is 1.81. The van der Waals surface area contributed by atoms with Crippen molar-refractivity contribution in [2.75, 3.05) is 13.1 Å². The smallest absolute Gasteiger partial charge is 0.253 e. The summed E-state index contributed by atoms with van der Waals surface area (Å²) in [5.41, 5.74) is 7.69. The predicted molar refractivity (Wildman–Crippen MR) is 79.2 cm³/mol. The van der Waals surface area contributed by atoms with E-state index < -0.39 is 0 Å². The summed E-state index contributed by atoms with van der Waals surface area (Å²) in [7, 11) is 0. The number of likely N-dealkylation sites (tertiary alicyclic amines) is 1. The van der Waals surface area contributed by atoms with Crippen molar-refractivity contribution in [3.05, 3.63) is 33.8 Å². The molecule has 0 aliphatic carbocycles. The Morgan fingerprint density at radius 3 is 2.56 bits per heavy atom. The molecule has 1 fully saturated rings. The molecule has 3 nitrogen and oxygen atoms in total. The molecule has 0 spiro atoms. The minimum Gasteiger partial charge on any atom is -0.339 e. The zero-order chi connectivity index (χ0) is 12.4. The molecule has 1 aromatic carbocycles. The highest BCUT2D eigenvalue weighted by Crippen LogP contribution is 2.19. The number of nitrogens with two attached hydrogens (primary N) is 1. The molecule has 1 heterocycles. The fraction of sp³-hybridized carbons (Fsp3) is 0.462. The van der Waals surface area contributed by atoms with Gasteiger partial charge in [-0.05, 0) is 43.5 Å². The molecule has 100 valence electrons. The summed E-state index contributed by atoms with van der Waals surface area (Å²) in [5.74, 6) is 0.118. The molecule has 2 rings (SSSR count). The molecule has 0 saturated carbocycles. The van der Waals surface area contributed by atoms with Gasteiger partial charge < -0.3 is 10.6 Å². The van der Waals surface area contributed by atoms with Gasteiger partial charge >= 0.3 is 0 Å². The minimum absolute atomic E-state index is 0. The van der Waals surface area contributed by atoms with E-state index in [1.165, 1.54) is 0 Å². The lowest BCUT2D eigenvalue weighted by atomic mass is 10.0. The van der Waals surface area contributed by atoms with Crippen LogP contribution in [0.3, 0.4) is 0 Å². The van der Waals surface area contributed by atoms with Gasteiger partial charge in [-0.2, -0.15) is 0 Å². The molecule has 0 bridgehead atoms. The Morgan fingerprint density at radius 1 is 1.39 bits per heavy atom. The molecular weight excluding hydrogens is 316 g/mol. The van der Waals surface area contributed by atoms with Crippen molar-refractivity contribution < 1.29 is 4.79 Å². The van der Waals surface area contributed by atoms with E-state index in [0.29, 0.717) is 0 Å². The quantitative estimate of drug-likeness (QED) is 0.859. The number of aryl methyl sites for hydroxylation is 1. The maximum atomic E-state index is 12.2.